The Morgan fingerprint density at radius 2 is 0.756 bits per heavy atom. The molecule has 24 rings (SSSR count). The number of piperidine rings is 3. The summed E-state index contributed by atoms with van der Waals surface area (Å²) in [5.41, 5.74) is 20.5. The molecule has 6 bridgehead atoms. The van der Waals surface area contributed by atoms with Crippen LogP contribution < -0.4 is 14.7 Å². The number of aromatic amines is 3. The Morgan fingerprint density at radius 1 is 0.370 bits per heavy atom. The maximum absolute atomic E-state index is 13.3. The van der Waals surface area contributed by atoms with Gasteiger partial charge < -0.3 is 14.7 Å². The molecule has 3 N–H and O–H groups in total. The highest BCUT2D eigenvalue weighted by Crippen LogP contribution is 2.40. The lowest BCUT2D eigenvalue weighted by Crippen LogP contribution is -2.68. The van der Waals surface area contributed by atoms with E-state index in [-0.39, 0.29) is 5.82 Å². The number of anilines is 3. The summed E-state index contributed by atoms with van der Waals surface area (Å²) in [7, 11) is 0. The van der Waals surface area contributed by atoms with Crippen molar-refractivity contribution in [3.05, 3.63) is 280 Å². The predicted octanol–water partition coefficient (Wildman–Crippen LogP) is 11.9. The van der Waals surface area contributed by atoms with Crippen LogP contribution in [0.4, 0.5) is 21.8 Å². The van der Waals surface area contributed by atoms with E-state index in [0.29, 0.717) is 73.0 Å². The second-order valence-electron chi connectivity index (χ2n) is 32.1. The lowest BCUT2D eigenvalue weighted by molar-refractivity contribution is -0.00969. The van der Waals surface area contributed by atoms with Crippen molar-refractivity contribution < 1.29 is 4.39 Å². The Hall–Kier alpha value is -13.0. The molecule has 600 valence electrons. The quantitative estimate of drug-likeness (QED) is 0.0602. The molecule has 0 radical (unpaired) electrons. The van der Waals surface area contributed by atoms with Crippen LogP contribution in [0.5, 0.6) is 0 Å². The smallest absolute Gasteiger partial charge is 0.161 e. The average Bonchev–Trinajstić information content (AvgIpc) is 1.27. The monoisotopic (exact) mass is 1600 g/mol. The van der Waals surface area contributed by atoms with Crippen molar-refractivity contribution in [3.63, 3.8) is 0 Å². The molecule has 9 fully saturated rings. The van der Waals surface area contributed by atoms with Crippen LogP contribution in [0.15, 0.2) is 183 Å². The van der Waals surface area contributed by atoms with Gasteiger partial charge in [0.25, 0.3) is 0 Å². The SMILES string of the molecule is Cc1cc(Cc2cc(C)[nH]n2)nc(-c2ccc(N3CC4CC(C3)N4Cc3ccc(-c4ncc(C)s4)cn3)nc2)n1.Cc1cc(Cc2cc(C)[nH]n2)nc(-c2ccc(N3CC4CC(C3)N4Cc3ccc(-n4cc(F)cn4)cn3)nc2)n1.Cc1cc(Cc2cc(C)[nH]n2)nc(-c2ccc(N3CC4CC(C3)N4Cc3ccc(-n4cccn4)cn3)nc2)n1. The fraction of sp³-hybridized carbons (Fsp3) is 0.318. The molecule has 15 aromatic heterocycles. The minimum Gasteiger partial charge on any atom is -0.353 e. The largest absolute Gasteiger partial charge is 0.353 e. The number of nitrogens with zero attached hydrogens (tertiary/aromatic N) is 26. The number of hydrogen-bond donors (Lipinski definition) is 3. The Labute approximate surface area is 691 Å². The first-order chi connectivity index (χ1) is 58.0. The van der Waals surface area contributed by atoms with Gasteiger partial charge in [-0.1, -0.05) is 0 Å². The van der Waals surface area contributed by atoms with Crippen molar-refractivity contribution in [1.82, 2.24) is 130 Å². The van der Waals surface area contributed by atoms with E-state index in [1.165, 1.54) is 41.2 Å². The summed E-state index contributed by atoms with van der Waals surface area (Å²) in [6.45, 7) is 22.4. The average molecular weight is 1600 g/mol. The molecular formula is C88H90FN29S. The van der Waals surface area contributed by atoms with Gasteiger partial charge in [-0.3, -0.25) is 44.9 Å². The van der Waals surface area contributed by atoms with Crippen LogP contribution in [-0.4, -0.2) is 205 Å². The number of halogens is 1. The first kappa shape index (κ1) is 76.0. The highest BCUT2D eigenvalue weighted by atomic mass is 32.1. The van der Waals surface area contributed by atoms with Crippen molar-refractivity contribution in [3.8, 4) is 56.1 Å². The first-order valence-corrected chi connectivity index (χ1v) is 41.3. The predicted molar refractivity (Wildman–Crippen MR) is 451 cm³/mol. The minimum absolute atomic E-state index is 0.361. The van der Waals surface area contributed by atoms with E-state index in [2.05, 4.69) is 169 Å². The number of rotatable bonds is 21. The van der Waals surface area contributed by atoms with Gasteiger partial charge >= 0.3 is 0 Å². The molecule has 6 unspecified atom stereocenters. The molecule has 0 saturated carbocycles. The third-order valence-electron chi connectivity index (χ3n) is 23.0. The van der Waals surface area contributed by atoms with Gasteiger partial charge in [0.2, 0.25) is 0 Å². The zero-order valence-electron chi connectivity index (χ0n) is 67.3. The molecule has 24 heterocycles. The van der Waals surface area contributed by atoms with Gasteiger partial charge in [-0.2, -0.15) is 25.5 Å². The summed E-state index contributed by atoms with van der Waals surface area (Å²) in [4.78, 5) is 77.4. The van der Waals surface area contributed by atoms with E-state index in [0.717, 1.165) is 200 Å². The number of H-pyrrole nitrogens is 3. The first-order valence-electron chi connectivity index (χ1n) is 40.5. The number of thiazole rings is 1. The summed E-state index contributed by atoms with van der Waals surface area (Å²) in [5, 5.41) is 31.3. The maximum Gasteiger partial charge on any atom is 0.161 e. The second-order valence-corrected chi connectivity index (χ2v) is 33.3. The van der Waals surface area contributed by atoms with Crippen LogP contribution in [0.1, 0.15) is 110 Å². The van der Waals surface area contributed by atoms with E-state index < -0.39 is 0 Å². The second kappa shape index (κ2) is 32.8. The summed E-state index contributed by atoms with van der Waals surface area (Å²) in [6, 6.07) is 42.1. The molecule has 0 spiro atoms. The van der Waals surface area contributed by atoms with E-state index >= 15 is 0 Å². The van der Waals surface area contributed by atoms with Crippen LogP contribution in [0, 0.1) is 54.3 Å². The highest BCUT2D eigenvalue weighted by molar-refractivity contribution is 7.14. The molecule has 9 aliphatic heterocycles. The van der Waals surface area contributed by atoms with Crippen LogP contribution in [0.2, 0.25) is 0 Å². The standard InChI is InChI=1S/C30H31N9S.C29H29FN10.C29H30N10/c1-18-8-24(10-25-9-19(2)36-37-25)35-29(34-18)21-5-7-28(32-13-21)38-16-26-11-27(17-38)39(26)15-23-6-4-22(14-31-23)30-33-12-20(3)40-30;1-18-7-23(9-24-8-19(2)36-37-24)35-29(34-18)20-3-6-28(32-11-20)38-16-26-10-27(17-38)39(26)15-22-4-5-25(13-31-22)40-14-21(30)12-33-40;1-19-10-23(12-24-11-20(2)35-36-24)34-29(33-19)21-4-7-28(31-14-21)37-17-26-13-27(18-37)38(26)16-22-5-6-25(15-30-22)39-9-3-8-32-39/h4-9,12-14,26-27H,10-11,15-17H2,1-3H3,(H,36,37);3-8,11-14,26-27H,9-10,15-17H2,1-2H3,(H,36,37);3-11,14-15,26-27H,12-13,16-18H2,1-2H3,(H,35,36). The van der Waals surface area contributed by atoms with Crippen molar-refractivity contribution >= 4 is 28.8 Å². The molecule has 0 aromatic carbocycles. The molecule has 31 heteroatoms. The van der Waals surface area contributed by atoms with Gasteiger partial charge in [0, 0.05) is 219 Å². The van der Waals surface area contributed by atoms with Gasteiger partial charge in [0.15, 0.2) is 23.3 Å². The fourth-order valence-corrected chi connectivity index (χ4v) is 17.9. The molecule has 15 aromatic rings. The topological polar surface area (TPSA) is 309 Å². The van der Waals surface area contributed by atoms with Gasteiger partial charge in [0.1, 0.15) is 22.5 Å². The Bertz CT molecular complexity index is 5740. The van der Waals surface area contributed by atoms with E-state index in [9.17, 15) is 4.39 Å². The van der Waals surface area contributed by atoms with Gasteiger partial charge in [-0.15, -0.1) is 11.3 Å². The molecule has 29 nitrogen and oxygen atoms in total. The number of hydrogen-bond acceptors (Lipinski definition) is 25. The molecule has 6 atom stereocenters. The molecular weight excluding hydrogens is 1510 g/mol. The number of aromatic nitrogens is 23. The maximum atomic E-state index is 13.3. The molecule has 9 saturated heterocycles. The number of aryl methyl sites for hydroxylation is 7. The lowest BCUT2D eigenvalue weighted by atomic mass is 9.87. The van der Waals surface area contributed by atoms with E-state index in [1.807, 2.05) is 138 Å². The van der Waals surface area contributed by atoms with Crippen molar-refractivity contribution in [2.24, 2.45) is 0 Å². The lowest BCUT2D eigenvalue weighted by Gasteiger charge is -2.56. The Morgan fingerprint density at radius 3 is 1.07 bits per heavy atom. The number of fused-ring (bicyclic) bond motifs is 6. The Balaban J connectivity index is 0.000000118. The third-order valence-corrected chi connectivity index (χ3v) is 24.0. The van der Waals surface area contributed by atoms with E-state index in [4.69, 9.17) is 39.9 Å². The van der Waals surface area contributed by atoms with Crippen molar-refractivity contribution in [2.75, 3.05) is 54.0 Å². The normalized spacial score (nSPS) is 18.7. The molecule has 9 aliphatic rings. The zero-order valence-corrected chi connectivity index (χ0v) is 68.1. The van der Waals surface area contributed by atoms with Crippen LogP contribution in [0.3, 0.4) is 0 Å². The minimum atomic E-state index is -0.361. The Kier molecular flexibility index (Phi) is 21.0. The number of piperazine rings is 3. The third kappa shape index (κ3) is 17.1. The zero-order chi connectivity index (χ0) is 80.8. The van der Waals surface area contributed by atoms with Gasteiger partial charge in [-0.05, 0) is 183 Å². The molecule has 119 heavy (non-hydrogen) atoms. The number of nitrogens with one attached hydrogen (secondary N) is 3. The van der Waals surface area contributed by atoms with Crippen molar-refractivity contribution in [1.29, 1.82) is 0 Å². The fourth-order valence-electron chi connectivity index (χ4n) is 17.2. The van der Waals surface area contributed by atoms with Crippen LogP contribution in [0.25, 0.3) is 56.1 Å². The molecule has 0 aliphatic carbocycles. The van der Waals surface area contributed by atoms with Crippen LogP contribution >= 0.6 is 11.3 Å². The summed E-state index contributed by atoms with van der Waals surface area (Å²) in [5.74, 6) is 4.73. The molecule has 0 amide bonds. The van der Waals surface area contributed by atoms with Gasteiger partial charge in [-0.25, -0.2) is 63.6 Å². The number of pyridine rings is 6. The summed E-state index contributed by atoms with van der Waals surface area (Å²) < 4.78 is 16.6. The summed E-state index contributed by atoms with van der Waals surface area (Å²) >= 11 is 1.71. The highest BCUT2D eigenvalue weighted by Gasteiger charge is 2.47. The van der Waals surface area contributed by atoms with Crippen molar-refractivity contribution in [2.45, 2.75) is 143 Å². The van der Waals surface area contributed by atoms with Crippen LogP contribution in [-0.2, 0) is 38.9 Å². The van der Waals surface area contributed by atoms with E-state index in [1.54, 1.807) is 23.7 Å². The van der Waals surface area contributed by atoms with Gasteiger partial charge in [0.05, 0.1) is 87.4 Å². The summed E-state index contributed by atoms with van der Waals surface area (Å²) in [6.07, 6.45) is 25.1.